The van der Waals surface area contributed by atoms with Crippen molar-refractivity contribution in [3.8, 4) is 0 Å². The maximum absolute atomic E-state index is 12.4. The van der Waals surface area contributed by atoms with Gasteiger partial charge in [0.25, 0.3) is 5.91 Å². The molecular weight excluding hydrogens is 361 g/mol. The zero-order chi connectivity index (χ0) is 17.6. The van der Waals surface area contributed by atoms with Crippen LogP contribution >= 0.6 is 23.2 Å². The van der Waals surface area contributed by atoms with Gasteiger partial charge in [0.15, 0.2) is 0 Å². The summed E-state index contributed by atoms with van der Waals surface area (Å²) in [5.74, 6) is -0.170. The SMILES string of the molecule is O=C(NCC(c1ccc(Cl)cc1)N1CCOCC1)c1ccnc(Cl)c1. The van der Waals surface area contributed by atoms with Gasteiger partial charge in [0.05, 0.1) is 19.3 Å². The average molecular weight is 380 g/mol. The molecule has 3 rings (SSSR count). The second-order valence-corrected chi connectivity index (χ2v) is 6.62. The summed E-state index contributed by atoms with van der Waals surface area (Å²) < 4.78 is 5.44. The minimum absolute atomic E-state index is 0.0578. The molecule has 1 atom stereocenters. The summed E-state index contributed by atoms with van der Waals surface area (Å²) in [5, 5.41) is 3.99. The number of benzene rings is 1. The normalized spacial score (nSPS) is 16.4. The minimum Gasteiger partial charge on any atom is -0.379 e. The third kappa shape index (κ3) is 4.92. The highest BCUT2D eigenvalue weighted by Gasteiger charge is 2.23. The summed E-state index contributed by atoms with van der Waals surface area (Å²) in [4.78, 5) is 18.6. The van der Waals surface area contributed by atoms with Crippen molar-refractivity contribution in [2.24, 2.45) is 0 Å². The molecule has 1 N–H and O–H groups in total. The third-order valence-electron chi connectivity index (χ3n) is 4.19. The van der Waals surface area contributed by atoms with Crippen LogP contribution in [0.25, 0.3) is 0 Å². The van der Waals surface area contributed by atoms with Gasteiger partial charge < -0.3 is 10.1 Å². The highest BCUT2D eigenvalue weighted by Crippen LogP contribution is 2.23. The van der Waals surface area contributed by atoms with E-state index in [0.29, 0.717) is 35.5 Å². The first-order valence-corrected chi connectivity index (χ1v) is 8.86. The Balaban J connectivity index is 1.73. The molecule has 1 aromatic carbocycles. The molecule has 1 amide bonds. The fourth-order valence-corrected chi connectivity index (χ4v) is 3.17. The average Bonchev–Trinajstić information content (AvgIpc) is 2.64. The van der Waals surface area contributed by atoms with Crippen molar-refractivity contribution < 1.29 is 9.53 Å². The van der Waals surface area contributed by atoms with Gasteiger partial charge in [-0.05, 0) is 29.8 Å². The van der Waals surface area contributed by atoms with Gasteiger partial charge in [-0.1, -0.05) is 35.3 Å². The van der Waals surface area contributed by atoms with Crippen molar-refractivity contribution in [3.05, 3.63) is 63.9 Å². The summed E-state index contributed by atoms with van der Waals surface area (Å²) >= 11 is 11.9. The van der Waals surface area contributed by atoms with E-state index in [1.54, 1.807) is 12.1 Å². The molecular formula is C18H19Cl2N3O2. The number of ether oxygens (including phenoxy) is 1. The van der Waals surface area contributed by atoms with Gasteiger partial charge >= 0.3 is 0 Å². The van der Waals surface area contributed by atoms with Gasteiger partial charge in [0, 0.05) is 36.4 Å². The van der Waals surface area contributed by atoms with Crippen molar-refractivity contribution in [1.29, 1.82) is 0 Å². The monoisotopic (exact) mass is 379 g/mol. The Morgan fingerprint density at radius 3 is 2.60 bits per heavy atom. The summed E-state index contributed by atoms with van der Waals surface area (Å²) in [7, 11) is 0. The molecule has 2 heterocycles. The molecule has 0 aliphatic carbocycles. The van der Waals surface area contributed by atoms with E-state index in [1.165, 1.54) is 6.20 Å². The van der Waals surface area contributed by atoms with Crippen LogP contribution in [0.3, 0.4) is 0 Å². The van der Waals surface area contributed by atoms with Gasteiger partial charge in [-0.2, -0.15) is 0 Å². The molecule has 0 bridgehead atoms. The lowest BCUT2D eigenvalue weighted by Gasteiger charge is -2.35. The maximum atomic E-state index is 12.4. The predicted molar refractivity (Wildman–Crippen MR) is 98.2 cm³/mol. The molecule has 0 saturated carbocycles. The quantitative estimate of drug-likeness (QED) is 0.810. The van der Waals surface area contributed by atoms with E-state index in [0.717, 1.165) is 18.7 Å². The summed E-state index contributed by atoms with van der Waals surface area (Å²) in [5.41, 5.74) is 1.61. The largest absolute Gasteiger partial charge is 0.379 e. The van der Waals surface area contributed by atoms with E-state index in [1.807, 2.05) is 24.3 Å². The molecule has 5 nitrogen and oxygen atoms in total. The number of hydrogen-bond acceptors (Lipinski definition) is 4. The fourth-order valence-electron chi connectivity index (χ4n) is 2.87. The van der Waals surface area contributed by atoms with E-state index in [2.05, 4.69) is 15.2 Å². The number of hydrogen-bond donors (Lipinski definition) is 1. The number of amides is 1. The number of halogens is 2. The molecule has 0 spiro atoms. The van der Waals surface area contributed by atoms with Crippen molar-refractivity contribution >= 4 is 29.1 Å². The molecule has 2 aromatic rings. The molecule has 1 aliphatic rings. The van der Waals surface area contributed by atoms with Crippen LogP contribution in [0, 0.1) is 0 Å². The number of rotatable bonds is 5. The molecule has 1 saturated heterocycles. The van der Waals surface area contributed by atoms with Gasteiger partial charge in [0.1, 0.15) is 5.15 Å². The standard InChI is InChI=1S/C18H19Cl2N3O2/c19-15-3-1-13(2-4-15)16(23-7-9-25-10-8-23)12-22-18(24)14-5-6-21-17(20)11-14/h1-6,11,16H,7-10,12H2,(H,22,24). The smallest absolute Gasteiger partial charge is 0.251 e. The first kappa shape index (κ1) is 18.1. The van der Waals surface area contributed by atoms with E-state index >= 15 is 0 Å². The Morgan fingerprint density at radius 2 is 1.92 bits per heavy atom. The number of morpholine rings is 1. The number of pyridine rings is 1. The van der Waals surface area contributed by atoms with Crippen LogP contribution in [0.1, 0.15) is 22.0 Å². The number of carbonyl (C=O) groups excluding carboxylic acids is 1. The Kier molecular flexibility index (Phi) is 6.26. The number of aromatic nitrogens is 1. The Bertz CT molecular complexity index is 719. The molecule has 1 aliphatic heterocycles. The topological polar surface area (TPSA) is 54.5 Å². The van der Waals surface area contributed by atoms with E-state index in [4.69, 9.17) is 27.9 Å². The number of nitrogens with one attached hydrogen (secondary N) is 1. The zero-order valence-corrected chi connectivity index (χ0v) is 15.1. The Hall–Kier alpha value is -1.66. The second kappa shape index (κ2) is 8.63. The van der Waals surface area contributed by atoms with Crippen LogP contribution in [0.4, 0.5) is 0 Å². The minimum atomic E-state index is -0.170. The molecule has 1 unspecified atom stereocenters. The van der Waals surface area contributed by atoms with E-state index in [-0.39, 0.29) is 11.9 Å². The van der Waals surface area contributed by atoms with Gasteiger partial charge in [-0.3, -0.25) is 9.69 Å². The van der Waals surface area contributed by atoms with Crippen LogP contribution in [0.2, 0.25) is 10.2 Å². The van der Waals surface area contributed by atoms with Crippen LogP contribution in [-0.4, -0.2) is 48.6 Å². The zero-order valence-electron chi connectivity index (χ0n) is 13.6. The highest BCUT2D eigenvalue weighted by molar-refractivity contribution is 6.30. The Labute approximate surface area is 156 Å². The van der Waals surface area contributed by atoms with E-state index < -0.39 is 0 Å². The third-order valence-corrected chi connectivity index (χ3v) is 4.64. The van der Waals surface area contributed by atoms with Gasteiger partial charge in [0.2, 0.25) is 0 Å². The first-order chi connectivity index (χ1) is 12.1. The molecule has 1 fully saturated rings. The van der Waals surface area contributed by atoms with E-state index in [9.17, 15) is 4.79 Å². The van der Waals surface area contributed by atoms with Crippen molar-refractivity contribution in [1.82, 2.24) is 15.2 Å². The second-order valence-electron chi connectivity index (χ2n) is 5.79. The molecule has 132 valence electrons. The van der Waals surface area contributed by atoms with Crippen molar-refractivity contribution in [2.75, 3.05) is 32.8 Å². The lowest BCUT2D eigenvalue weighted by molar-refractivity contribution is 0.0162. The molecule has 0 radical (unpaired) electrons. The molecule has 1 aromatic heterocycles. The van der Waals surface area contributed by atoms with Crippen LogP contribution < -0.4 is 5.32 Å². The Morgan fingerprint density at radius 1 is 1.20 bits per heavy atom. The summed E-state index contributed by atoms with van der Waals surface area (Å²) in [6.07, 6.45) is 1.52. The summed E-state index contributed by atoms with van der Waals surface area (Å²) in [6.45, 7) is 3.52. The number of nitrogens with zero attached hydrogens (tertiary/aromatic N) is 2. The van der Waals surface area contributed by atoms with Crippen molar-refractivity contribution in [3.63, 3.8) is 0 Å². The molecule has 7 heteroatoms. The maximum Gasteiger partial charge on any atom is 0.251 e. The predicted octanol–water partition coefficient (Wildman–Crippen LogP) is 3.19. The van der Waals surface area contributed by atoms with Gasteiger partial charge in [-0.25, -0.2) is 4.98 Å². The van der Waals surface area contributed by atoms with Crippen molar-refractivity contribution in [2.45, 2.75) is 6.04 Å². The van der Waals surface area contributed by atoms with Crippen LogP contribution in [0.15, 0.2) is 42.6 Å². The molecule has 25 heavy (non-hydrogen) atoms. The number of carbonyl (C=O) groups is 1. The lowest BCUT2D eigenvalue weighted by atomic mass is 10.0. The van der Waals surface area contributed by atoms with Crippen LogP contribution in [0.5, 0.6) is 0 Å². The first-order valence-electron chi connectivity index (χ1n) is 8.10. The lowest BCUT2D eigenvalue weighted by Crippen LogP contribution is -2.43. The summed E-state index contributed by atoms with van der Waals surface area (Å²) in [6, 6.07) is 11.0. The van der Waals surface area contributed by atoms with Crippen LogP contribution in [-0.2, 0) is 4.74 Å². The fraction of sp³-hybridized carbons (Fsp3) is 0.333. The van der Waals surface area contributed by atoms with Gasteiger partial charge in [-0.15, -0.1) is 0 Å². The highest BCUT2D eigenvalue weighted by atomic mass is 35.5.